The summed E-state index contributed by atoms with van der Waals surface area (Å²) in [5.74, 6) is 0.988. The highest BCUT2D eigenvalue weighted by Crippen LogP contribution is 2.44. The maximum absolute atomic E-state index is 6.32. The van der Waals surface area contributed by atoms with Gasteiger partial charge in [-0.05, 0) is 38.3 Å². The van der Waals surface area contributed by atoms with Crippen LogP contribution in [0.1, 0.15) is 56.7 Å². The fourth-order valence-electron chi connectivity index (χ4n) is 4.82. The molecule has 1 N–H and O–H groups in total. The summed E-state index contributed by atoms with van der Waals surface area (Å²) in [4.78, 5) is 4.64. The van der Waals surface area contributed by atoms with E-state index in [0.717, 1.165) is 50.6 Å². The van der Waals surface area contributed by atoms with Gasteiger partial charge in [-0.2, -0.15) is 5.10 Å². The van der Waals surface area contributed by atoms with Crippen LogP contribution in [0.25, 0.3) is 11.5 Å². The van der Waals surface area contributed by atoms with Crippen LogP contribution in [0.5, 0.6) is 0 Å². The number of ether oxygens (including phenoxy) is 1. The van der Waals surface area contributed by atoms with Crippen molar-refractivity contribution in [2.75, 3.05) is 13.2 Å². The summed E-state index contributed by atoms with van der Waals surface area (Å²) in [5.41, 5.74) is 2.38. The molecule has 6 nitrogen and oxygen atoms in total. The Bertz CT molecular complexity index is 730. The molecule has 0 radical (unpaired) electrons. The summed E-state index contributed by atoms with van der Waals surface area (Å²) in [6.07, 6.45) is 12.7. The maximum Gasteiger partial charge on any atom is 0.160 e. The molecule has 8 heteroatoms. The second-order valence-corrected chi connectivity index (χ2v) is 7.85. The van der Waals surface area contributed by atoms with E-state index >= 15 is 0 Å². The molecule has 2 fully saturated rings. The van der Waals surface area contributed by atoms with Crippen LogP contribution in [0.3, 0.4) is 0 Å². The number of nitrogens with zero attached hydrogens (tertiary/aromatic N) is 4. The lowest BCUT2D eigenvalue weighted by Gasteiger charge is -2.32. The van der Waals surface area contributed by atoms with Crippen LogP contribution in [0.15, 0.2) is 18.5 Å². The van der Waals surface area contributed by atoms with Gasteiger partial charge in [0.1, 0.15) is 5.69 Å². The standard InChI is InChI=1S/C19H27N5O.2ClH/c1-2-5-19(6-3-1)12-16(14-25-19)23-10-8-21-18(23)17-11-15-13-20-7-4-9-24(15)22-17;;/h8,10-11,16,20H,1-7,9,12-14H2;2*1H. The summed E-state index contributed by atoms with van der Waals surface area (Å²) < 4.78 is 10.8. The molecule has 2 aromatic rings. The predicted molar refractivity (Wildman–Crippen MR) is 110 cm³/mol. The number of hydrogen-bond donors (Lipinski definition) is 1. The van der Waals surface area contributed by atoms with Gasteiger partial charge in [0.15, 0.2) is 5.82 Å². The Labute approximate surface area is 172 Å². The van der Waals surface area contributed by atoms with Crippen molar-refractivity contribution in [2.45, 2.75) is 69.7 Å². The molecule has 1 unspecified atom stereocenters. The van der Waals surface area contributed by atoms with Crippen molar-refractivity contribution in [1.29, 1.82) is 0 Å². The summed E-state index contributed by atoms with van der Waals surface area (Å²) >= 11 is 0. The van der Waals surface area contributed by atoms with Crippen molar-refractivity contribution in [1.82, 2.24) is 24.6 Å². The smallest absolute Gasteiger partial charge is 0.160 e. The third-order valence-corrected chi connectivity index (χ3v) is 6.14. The minimum atomic E-state index is 0. The van der Waals surface area contributed by atoms with Crippen LogP contribution < -0.4 is 5.32 Å². The van der Waals surface area contributed by atoms with Crippen molar-refractivity contribution in [3.05, 3.63) is 24.2 Å². The van der Waals surface area contributed by atoms with E-state index in [1.165, 1.54) is 37.8 Å². The van der Waals surface area contributed by atoms with Gasteiger partial charge >= 0.3 is 0 Å². The Morgan fingerprint density at radius 1 is 1.15 bits per heavy atom. The van der Waals surface area contributed by atoms with Gasteiger partial charge in [0, 0.05) is 25.5 Å². The second kappa shape index (κ2) is 8.52. The Kier molecular flexibility index (Phi) is 6.51. The SMILES string of the molecule is Cl.Cl.c1cn(C2COC3(CCCCC3)C2)c(-c2cc3n(n2)CCCNC3)n1. The Balaban J connectivity index is 0.00000105. The highest BCUT2D eigenvalue weighted by atomic mass is 35.5. The summed E-state index contributed by atoms with van der Waals surface area (Å²) in [5, 5.41) is 8.30. The molecular formula is C19H29Cl2N5O. The van der Waals surface area contributed by atoms with E-state index in [1.807, 2.05) is 6.20 Å². The van der Waals surface area contributed by atoms with Crippen LogP contribution in [0.2, 0.25) is 0 Å². The van der Waals surface area contributed by atoms with Crippen LogP contribution in [0.4, 0.5) is 0 Å². The van der Waals surface area contributed by atoms with Gasteiger partial charge in [-0.3, -0.25) is 4.68 Å². The molecule has 0 aromatic carbocycles. The Morgan fingerprint density at radius 2 is 2.00 bits per heavy atom. The summed E-state index contributed by atoms with van der Waals surface area (Å²) in [6.45, 7) is 3.75. The fraction of sp³-hybridized carbons (Fsp3) is 0.684. The van der Waals surface area contributed by atoms with Gasteiger partial charge < -0.3 is 14.6 Å². The van der Waals surface area contributed by atoms with E-state index in [9.17, 15) is 0 Å². The number of rotatable bonds is 2. The first-order valence-electron chi connectivity index (χ1n) is 9.78. The normalized spacial score (nSPS) is 23.9. The third-order valence-electron chi connectivity index (χ3n) is 6.14. The first kappa shape index (κ1) is 20.6. The van der Waals surface area contributed by atoms with E-state index in [1.54, 1.807) is 0 Å². The zero-order valence-corrected chi connectivity index (χ0v) is 17.2. The molecule has 2 aromatic heterocycles. The van der Waals surface area contributed by atoms with Gasteiger partial charge in [0.2, 0.25) is 0 Å². The lowest BCUT2D eigenvalue weighted by atomic mass is 9.82. The summed E-state index contributed by atoms with van der Waals surface area (Å²) in [7, 11) is 0. The van der Waals surface area contributed by atoms with Crippen molar-refractivity contribution in [3.8, 4) is 11.5 Å². The number of aryl methyl sites for hydroxylation is 1. The number of hydrogen-bond acceptors (Lipinski definition) is 4. The molecule has 3 aliphatic rings. The van der Waals surface area contributed by atoms with Crippen molar-refractivity contribution in [3.63, 3.8) is 0 Å². The monoisotopic (exact) mass is 413 g/mol. The Hall–Kier alpha value is -1.08. The average molecular weight is 414 g/mol. The van der Waals surface area contributed by atoms with E-state index in [4.69, 9.17) is 9.84 Å². The highest BCUT2D eigenvalue weighted by Gasteiger charge is 2.42. The zero-order chi connectivity index (χ0) is 16.7. The Morgan fingerprint density at radius 3 is 2.85 bits per heavy atom. The topological polar surface area (TPSA) is 56.9 Å². The van der Waals surface area contributed by atoms with Crippen LogP contribution in [-0.4, -0.2) is 38.1 Å². The lowest BCUT2D eigenvalue weighted by Crippen LogP contribution is -2.30. The molecule has 4 heterocycles. The molecule has 1 spiro atoms. The van der Waals surface area contributed by atoms with Gasteiger partial charge in [-0.25, -0.2) is 4.98 Å². The fourth-order valence-corrected chi connectivity index (χ4v) is 4.82. The number of imidazole rings is 1. The van der Waals surface area contributed by atoms with Gasteiger partial charge in [-0.1, -0.05) is 19.3 Å². The number of nitrogens with one attached hydrogen (secondary N) is 1. The lowest BCUT2D eigenvalue weighted by molar-refractivity contribution is -0.0247. The molecule has 0 bridgehead atoms. The third kappa shape index (κ3) is 3.90. The number of fused-ring (bicyclic) bond motifs is 1. The van der Waals surface area contributed by atoms with Crippen molar-refractivity contribution in [2.24, 2.45) is 0 Å². The van der Waals surface area contributed by atoms with Crippen LogP contribution in [0, 0.1) is 0 Å². The molecule has 1 saturated carbocycles. The highest BCUT2D eigenvalue weighted by molar-refractivity contribution is 5.85. The van der Waals surface area contributed by atoms with E-state index in [2.05, 4.69) is 31.8 Å². The van der Waals surface area contributed by atoms with Gasteiger partial charge in [0.25, 0.3) is 0 Å². The van der Waals surface area contributed by atoms with Gasteiger partial charge in [-0.15, -0.1) is 24.8 Å². The first-order chi connectivity index (χ1) is 12.3. The number of aromatic nitrogens is 4. The van der Waals surface area contributed by atoms with Crippen molar-refractivity contribution >= 4 is 24.8 Å². The van der Waals surface area contributed by atoms with Crippen LogP contribution >= 0.6 is 24.8 Å². The quantitative estimate of drug-likeness (QED) is 0.814. The molecule has 2 aliphatic heterocycles. The molecule has 1 aliphatic carbocycles. The minimum absolute atomic E-state index is 0. The molecular weight excluding hydrogens is 385 g/mol. The van der Waals surface area contributed by atoms with E-state index in [-0.39, 0.29) is 30.4 Å². The molecule has 5 rings (SSSR count). The van der Waals surface area contributed by atoms with Crippen molar-refractivity contribution < 1.29 is 4.74 Å². The molecule has 150 valence electrons. The largest absolute Gasteiger partial charge is 0.373 e. The average Bonchev–Trinajstić information content (AvgIpc) is 3.32. The maximum atomic E-state index is 6.32. The number of halogens is 2. The second-order valence-electron chi connectivity index (χ2n) is 7.85. The first-order valence-corrected chi connectivity index (χ1v) is 9.78. The minimum Gasteiger partial charge on any atom is -0.373 e. The molecule has 0 amide bonds. The molecule has 1 atom stereocenters. The predicted octanol–water partition coefficient (Wildman–Crippen LogP) is 3.75. The van der Waals surface area contributed by atoms with E-state index in [0.29, 0.717) is 6.04 Å². The zero-order valence-electron chi connectivity index (χ0n) is 15.6. The summed E-state index contributed by atoms with van der Waals surface area (Å²) in [6, 6.07) is 2.58. The molecule has 27 heavy (non-hydrogen) atoms. The van der Waals surface area contributed by atoms with Gasteiger partial charge in [0.05, 0.1) is 23.9 Å². The van der Waals surface area contributed by atoms with Crippen LogP contribution in [-0.2, 0) is 17.8 Å². The van der Waals surface area contributed by atoms with E-state index < -0.39 is 0 Å². The molecule has 1 saturated heterocycles.